The van der Waals surface area contributed by atoms with E-state index in [0.717, 1.165) is 31.1 Å². The zero-order chi connectivity index (χ0) is 22.5. The Labute approximate surface area is 188 Å². The van der Waals surface area contributed by atoms with E-state index in [0.29, 0.717) is 11.3 Å². The Kier molecular flexibility index (Phi) is 7.75. The van der Waals surface area contributed by atoms with Gasteiger partial charge >= 0.3 is 0 Å². The van der Waals surface area contributed by atoms with Gasteiger partial charge in [-0.25, -0.2) is 0 Å². The molecule has 0 aromatic heterocycles. The van der Waals surface area contributed by atoms with Gasteiger partial charge in [0.2, 0.25) is 5.91 Å². The van der Waals surface area contributed by atoms with E-state index in [1.54, 1.807) is 24.3 Å². The van der Waals surface area contributed by atoms with Crippen LogP contribution in [0.2, 0.25) is 0 Å². The van der Waals surface area contributed by atoms with Crippen LogP contribution in [-0.2, 0) is 9.59 Å². The first-order valence-electron chi connectivity index (χ1n) is 11.0. The Bertz CT molecular complexity index is 837. The lowest BCUT2D eigenvalue weighted by Crippen LogP contribution is -2.42. The van der Waals surface area contributed by atoms with Crippen LogP contribution in [0.4, 0.5) is 5.69 Å². The highest BCUT2D eigenvalue weighted by molar-refractivity contribution is 8.15. The molecular weight excluding hydrogens is 412 g/mol. The largest absolute Gasteiger partial charge is 0.351 e. The van der Waals surface area contributed by atoms with E-state index >= 15 is 0 Å². The molecule has 1 saturated heterocycles. The molecule has 31 heavy (non-hydrogen) atoms. The number of rotatable bonds is 6. The number of likely N-dealkylation sites (tertiary alicyclic amines) is 1. The van der Waals surface area contributed by atoms with Crippen molar-refractivity contribution in [3.63, 3.8) is 0 Å². The quantitative estimate of drug-likeness (QED) is 0.722. The van der Waals surface area contributed by atoms with Gasteiger partial charge in [0.1, 0.15) is 5.25 Å². The summed E-state index contributed by atoms with van der Waals surface area (Å²) < 4.78 is 0. The summed E-state index contributed by atoms with van der Waals surface area (Å²) in [7, 11) is 0. The smallest absolute Gasteiger partial charge is 0.262 e. The second kappa shape index (κ2) is 10.3. The lowest BCUT2D eigenvalue weighted by molar-refractivity contribution is -0.121. The number of hydrogen-bond acceptors (Lipinski definition) is 5. The molecule has 2 aliphatic heterocycles. The van der Waals surface area contributed by atoms with Crippen molar-refractivity contribution in [1.29, 1.82) is 0 Å². The highest BCUT2D eigenvalue weighted by atomic mass is 32.2. The van der Waals surface area contributed by atoms with Crippen molar-refractivity contribution >= 4 is 40.3 Å². The minimum Gasteiger partial charge on any atom is -0.351 e. The third-order valence-electron chi connectivity index (χ3n) is 5.49. The normalized spacial score (nSPS) is 19.0. The third-order valence-corrected chi connectivity index (χ3v) is 6.70. The summed E-state index contributed by atoms with van der Waals surface area (Å²) >= 11 is 1.39. The van der Waals surface area contributed by atoms with Crippen LogP contribution in [0.1, 0.15) is 63.7 Å². The number of aliphatic imine (C=N–C) groups is 1. The fraction of sp³-hybridized carbons (Fsp3) is 0.565. The van der Waals surface area contributed by atoms with Gasteiger partial charge in [0.15, 0.2) is 5.17 Å². The maximum Gasteiger partial charge on any atom is 0.262 e. The first kappa shape index (κ1) is 23.3. The molecule has 1 N–H and O–H groups in total. The molecule has 1 unspecified atom stereocenters. The Balaban J connectivity index is 1.54. The van der Waals surface area contributed by atoms with Crippen LogP contribution in [0.3, 0.4) is 0 Å². The number of benzene rings is 1. The topological polar surface area (TPSA) is 82.1 Å². The van der Waals surface area contributed by atoms with Crippen LogP contribution in [0.15, 0.2) is 29.3 Å². The Morgan fingerprint density at radius 3 is 2.29 bits per heavy atom. The van der Waals surface area contributed by atoms with Crippen LogP contribution in [0.5, 0.6) is 0 Å². The molecule has 1 aromatic rings. The first-order chi connectivity index (χ1) is 14.8. The lowest BCUT2D eigenvalue weighted by Gasteiger charge is -2.30. The van der Waals surface area contributed by atoms with Crippen molar-refractivity contribution in [2.24, 2.45) is 4.99 Å². The SMILES string of the molecule is CC(C)N(C(=O)c1ccc(NC(=O)CC2SC(N3CCCCC3)=NC2=O)cc1)C(C)C. The number of hydrogen-bond donors (Lipinski definition) is 1. The van der Waals surface area contributed by atoms with Gasteiger partial charge in [0, 0.05) is 42.8 Å². The summed E-state index contributed by atoms with van der Waals surface area (Å²) in [5.41, 5.74) is 1.19. The highest BCUT2D eigenvalue weighted by Gasteiger charge is 2.33. The fourth-order valence-electron chi connectivity index (χ4n) is 4.02. The van der Waals surface area contributed by atoms with Crippen LogP contribution < -0.4 is 5.32 Å². The van der Waals surface area contributed by atoms with Gasteiger partial charge in [-0.1, -0.05) is 11.8 Å². The number of carbonyl (C=O) groups is 3. The molecule has 1 fully saturated rings. The minimum atomic E-state index is -0.469. The highest BCUT2D eigenvalue weighted by Crippen LogP contribution is 2.29. The predicted molar refractivity (Wildman–Crippen MR) is 125 cm³/mol. The van der Waals surface area contributed by atoms with Gasteiger partial charge in [-0.3, -0.25) is 14.4 Å². The molecule has 1 atom stereocenters. The number of nitrogens with one attached hydrogen (secondary N) is 1. The van der Waals surface area contributed by atoms with Gasteiger partial charge in [0.05, 0.1) is 0 Å². The van der Waals surface area contributed by atoms with E-state index in [1.807, 2.05) is 32.6 Å². The lowest BCUT2D eigenvalue weighted by atomic mass is 10.1. The van der Waals surface area contributed by atoms with Crippen molar-refractivity contribution in [3.8, 4) is 0 Å². The molecule has 168 valence electrons. The van der Waals surface area contributed by atoms with E-state index in [1.165, 1.54) is 18.2 Å². The molecule has 2 heterocycles. The molecular formula is C23H32N4O3S. The van der Waals surface area contributed by atoms with Crippen molar-refractivity contribution < 1.29 is 14.4 Å². The molecule has 0 saturated carbocycles. The van der Waals surface area contributed by atoms with E-state index in [9.17, 15) is 14.4 Å². The van der Waals surface area contributed by atoms with Crippen molar-refractivity contribution in [2.75, 3.05) is 18.4 Å². The molecule has 2 aliphatic rings. The molecule has 8 heteroatoms. The summed E-state index contributed by atoms with van der Waals surface area (Å²) in [4.78, 5) is 45.7. The Hall–Kier alpha value is -2.35. The van der Waals surface area contributed by atoms with E-state index < -0.39 is 5.25 Å². The number of amides is 3. The molecule has 3 amide bonds. The van der Waals surface area contributed by atoms with E-state index in [-0.39, 0.29) is 36.2 Å². The Morgan fingerprint density at radius 2 is 1.71 bits per heavy atom. The van der Waals surface area contributed by atoms with Gasteiger partial charge in [-0.2, -0.15) is 4.99 Å². The fourth-order valence-corrected chi connectivity index (χ4v) is 5.14. The molecule has 3 rings (SSSR count). The number of anilines is 1. The van der Waals surface area contributed by atoms with Crippen LogP contribution in [0, 0.1) is 0 Å². The van der Waals surface area contributed by atoms with E-state index in [2.05, 4.69) is 15.2 Å². The summed E-state index contributed by atoms with van der Waals surface area (Å²) in [5.74, 6) is -0.492. The molecule has 7 nitrogen and oxygen atoms in total. The van der Waals surface area contributed by atoms with E-state index in [4.69, 9.17) is 0 Å². The second-order valence-corrected chi connectivity index (χ2v) is 9.79. The number of carbonyl (C=O) groups excluding carboxylic acids is 3. The molecule has 0 bridgehead atoms. The van der Waals surface area contributed by atoms with Crippen molar-refractivity contribution in [2.45, 2.75) is 70.7 Å². The number of nitrogens with zero attached hydrogens (tertiary/aromatic N) is 3. The number of thioether (sulfide) groups is 1. The number of piperidine rings is 1. The third kappa shape index (κ3) is 5.87. The maximum absolute atomic E-state index is 12.8. The standard InChI is InChI=1S/C23H32N4O3S/c1-15(2)27(16(3)4)22(30)17-8-10-18(11-9-17)24-20(28)14-19-21(29)25-23(31-19)26-12-6-5-7-13-26/h8-11,15-16,19H,5-7,12-14H2,1-4H3,(H,24,28). The molecule has 0 aliphatic carbocycles. The Morgan fingerprint density at radius 1 is 1.10 bits per heavy atom. The zero-order valence-electron chi connectivity index (χ0n) is 18.8. The van der Waals surface area contributed by atoms with Gasteiger partial charge in [-0.15, -0.1) is 0 Å². The monoisotopic (exact) mass is 444 g/mol. The summed E-state index contributed by atoms with van der Waals surface area (Å²) in [6.07, 6.45) is 3.53. The molecule has 0 spiro atoms. The van der Waals surface area contributed by atoms with Crippen LogP contribution in [0.25, 0.3) is 0 Å². The minimum absolute atomic E-state index is 0.0294. The molecule has 1 aromatic carbocycles. The first-order valence-corrected chi connectivity index (χ1v) is 11.9. The predicted octanol–water partition coefficient (Wildman–Crippen LogP) is 3.76. The average Bonchev–Trinajstić information content (AvgIpc) is 3.08. The average molecular weight is 445 g/mol. The molecule has 0 radical (unpaired) electrons. The van der Waals surface area contributed by atoms with Crippen LogP contribution in [-0.4, -0.2) is 63.1 Å². The van der Waals surface area contributed by atoms with Gasteiger partial charge in [0.25, 0.3) is 11.8 Å². The second-order valence-electron chi connectivity index (χ2n) is 8.62. The summed E-state index contributed by atoms with van der Waals surface area (Å²) in [5, 5.41) is 3.12. The van der Waals surface area contributed by atoms with Gasteiger partial charge in [-0.05, 0) is 71.2 Å². The van der Waals surface area contributed by atoms with Gasteiger partial charge < -0.3 is 15.1 Å². The number of amidine groups is 1. The summed E-state index contributed by atoms with van der Waals surface area (Å²) in [6.45, 7) is 9.83. The maximum atomic E-state index is 12.8. The van der Waals surface area contributed by atoms with Crippen LogP contribution >= 0.6 is 11.8 Å². The van der Waals surface area contributed by atoms with Crippen molar-refractivity contribution in [3.05, 3.63) is 29.8 Å². The summed E-state index contributed by atoms with van der Waals surface area (Å²) in [6, 6.07) is 7.11. The zero-order valence-corrected chi connectivity index (χ0v) is 19.6. The van der Waals surface area contributed by atoms with Crippen molar-refractivity contribution in [1.82, 2.24) is 9.80 Å².